The molecule has 19 heavy (non-hydrogen) atoms. The second-order valence-corrected chi connectivity index (χ2v) is 5.10. The fourth-order valence-corrected chi connectivity index (χ4v) is 2.49. The Balaban J connectivity index is 2.03. The molecule has 1 aliphatic heterocycles. The standard InChI is InChI=1S/C15H22N2O2/c1-11-9-13(6-7-14(11)19-3)17(2)15(18)10-12-5-4-8-16-12/h6-7,9,12,16H,4-5,8,10H2,1-3H3. The quantitative estimate of drug-likeness (QED) is 0.903. The van der Waals surface area contributed by atoms with E-state index >= 15 is 0 Å². The zero-order chi connectivity index (χ0) is 13.8. The average molecular weight is 262 g/mol. The lowest BCUT2D eigenvalue weighted by Crippen LogP contribution is -2.33. The molecular formula is C15H22N2O2. The summed E-state index contributed by atoms with van der Waals surface area (Å²) in [5.41, 5.74) is 1.96. The van der Waals surface area contributed by atoms with Crippen molar-refractivity contribution < 1.29 is 9.53 Å². The van der Waals surface area contributed by atoms with Crippen molar-refractivity contribution in [3.05, 3.63) is 23.8 Å². The fraction of sp³-hybridized carbons (Fsp3) is 0.533. The first-order chi connectivity index (χ1) is 9.11. The number of aryl methyl sites for hydroxylation is 1. The molecule has 1 aromatic rings. The highest BCUT2D eigenvalue weighted by Gasteiger charge is 2.20. The summed E-state index contributed by atoms with van der Waals surface area (Å²) in [6.07, 6.45) is 2.84. The zero-order valence-electron chi connectivity index (χ0n) is 11.9. The number of methoxy groups -OCH3 is 1. The lowest BCUT2D eigenvalue weighted by atomic mass is 10.1. The Morgan fingerprint density at radius 2 is 2.32 bits per heavy atom. The minimum Gasteiger partial charge on any atom is -0.496 e. The van der Waals surface area contributed by atoms with Gasteiger partial charge < -0.3 is 15.0 Å². The van der Waals surface area contributed by atoms with Gasteiger partial charge in [0.25, 0.3) is 0 Å². The highest BCUT2D eigenvalue weighted by molar-refractivity contribution is 5.93. The van der Waals surface area contributed by atoms with Gasteiger partial charge in [-0.2, -0.15) is 0 Å². The van der Waals surface area contributed by atoms with Crippen LogP contribution in [-0.4, -0.2) is 32.7 Å². The Morgan fingerprint density at radius 1 is 1.53 bits per heavy atom. The van der Waals surface area contributed by atoms with E-state index in [1.165, 1.54) is 6.42 Å². The Morgan fingerprint density at radius 3 is 2.89 bits per heavy atom. The Hall–Kier alpha value is -1.55. The first-order valence-electron chi connectivity index (χ1n) is 6.76. The molecule has 4 nitrogen and oxygen atoms in total. The number of carbonyl (C=O) groups excluding carboxylic acids is 1. The van der Waals surface area contributed by atoms with Crippen molar-refractivity contribution in [2.75, 3.05) is 25.6 Å². The molecule has 1 heterocycles. The van der Waals surface area contributed by atoms with Crippen LogP contribution in [0, 0.1) is 6.92 Å². The van der Waals surface area contributed by atoms with E-state index in [4.69, 9.17) is 4.74 Å². The third kappa shape index (κ3) is 3.26. The van der Waals surface area contributed by atoms with Crippen molar-refractivity contribution >= 4 is 11.6 Å². The maximum Gasteiger partial charge on any atom is 0.228 e. The minimum absolute atomic E-state index is 0.156. The largest absolute Gasteiger partial charge is 0.496 e. The Bertz CT molecular complexity index is 453. The van der Waals surface area contributed by atoms with Crippen LogP contribution in [0.2, 0.25) is 0 Å². The number of benzene rings is 1. The van der Waals surface area contributed by atoms with Crippen molar-refractivity contribution in [3.63, 3.8) is 0 Å². The maximum absolute atomic E-state index is 12.2. The number of anilines is 1. The second kappa shape index (κ2) is 6.06. The van der Waals surface area contributed by atoms with Gasteiger partial charge >= 0.3 is 0 Å². The van der Waals surface area contributed by atoms with Crippen molar-refractivity contribution in [2.45, 2.75) is 32.2 Å². The molecule has 1 saturated heterocycles. The van der Waals surface area contributed by atoms with Crippen LogP contribution in [-0.2, 0) is 4.79 Å². The van der Waals surface area contributed by atoms with Gasteiger partial charge in [0.15, 0.2) is 0 Å². The predicted octanol–water partition coefficient (Wildman–Crippen LogP) is 2.11. The average Bonchev–Trinajstić information content (AvgIpc) is 2.90. The molecule has 0 aliphatic carbocycles. The molecule has 0 aromatic heterocycles. The number of carbonyl (C=O) groups is 1. The van der Waals surface area contributed by atoms with Gasteiger partial charge in [0.1, 0.15) is 5.75 Å². The molecule has 1 atom stereocenters. The predicted molar refractivity (Wildman–Crippen MR) is 76.8 cm³/mol. The van der Waals surface area contributed by atoms with Crippen LogP contribution in [0.1, 0.15) is 24.8 Å². The molecule has 1 amide bonds. The zero-order valence-corrected chi connectivity index (χ0v) is 11.9. The second-order valence-electron chi connectivity index (χ2n) is 5.10. The number of nitrogens with zero attached hydrogens (tertiary/aromatic N) is 1. The minimum atomic E-state index is 0.156. The monoisotopic (exact) mass is 262 g/mol. The third-order valence-corrected chi connectivity index (χ3v) is 3.72. The normalized spacial score (nSPS) is 18.4. The lowest BCUT2D eigenvalue weighted by Gasteiger charge is -2.20. The van der Waals surface area contributed by atoms with E-state index in [0.717, 1.165) is 30.0 Å². The van der Waals surface area contributed by atoms with Crippen molar-refractivity contribution in [2.24, 2.45) is 0 Å². The van der Waals surface area contributed by atoms with E-state index in [1.54, 1.807) is 12.0 Å². The van der Waals surface area contributed by atoms with Gasteiger partial charge in [-0.05, 0) is 50.1 Å². The van der Waals surface area contributed by atoms with Crippen LogP contribution in [0.15, 0.2) is 18.2 Å². The molecule has 1 aromatic carbocycles. The molecule has 2 rings (SSSR count). The van der Waals surface area contributed by atoms with E-state index in [9.17, 15) is 4.79 Å². The number of nitrogens with one attached hydrogen (secondary N) is 1. The summed E-state index contributed by atoms with van der Waals surface area (Å²) in [7, 11) is 3.49. The first kappa shape index (κ1) is 13.9. The van der Waals surface area contributed by atoms with E-state index in [2.05, 4.69) is 5.32 Å². The summed E-state index contributed by atoms with van der Waals surface area (Å²) in [5, 5.41) is 3.36. The van der Waals surface area contributed by atoms with Gasteiger partial charge in [0, 0.05) is 25.2 Å². The molecule has 0 saturated carbocycles. The van der Waals surface area contributed by atoms with Crippen LogP contribution >= 0.6 is 0 Å². The topological polar surface area (TPSA) is 41.6 Å². The van der Waals surface area contributed by atoms with Crippen molar-refractivity contribution in [1.29, 1.82) is 0 Å². The van der Waals surface area contributed by atoms with Crippen LogP contribution in [0.5, 0.6) is 5.75 Å². The summed E-state index contributed by atoms with van der Waals surface area (Å²) in [5.74, 6) is 1.01. The smallest absolute Gasteiger partial charge is 0.228 e. The summed E-state index contributed by atoms with van der Waals surface area (Å²) in [6, 6.07) is 6.15. The van der Waals surface area contributed by atoms with Crippen molar-refractivity contribution in [3.8, 4) is 5.75 Å². The van der Waals surface area contributed by atoms with E-state index in [1.807, 2.05) is 32.2 Å². The molecule has 0 bridgehead atoms. The number of hydrogen-bond donors (Lipinski definition) is 1. The summed E-state index contributed by atoms with van der Waals surface area (Å²) in [6.45, 7) is 3.02. The molecule has 104 valence electrons. The molecule has 4 heteroatoms. The summed E-state index contributed by atoms with van der Waals surface area (Å²) >= 11 is 0. The molecule has 1 unspecified atom stereocenters. The first-order valence-corrected chi connectivity index (χ1v) is 6.76. The SMILES string of the molecule is COc1ccc(N(C)C(=O)CC2CCCN2)cc1C. The highest BCUT2D eigenvalue weighted by Crippen LogP contribution is 2.24. The van der Waals surface area contributed by atoms with Crippen LogP contribution in [0.3, 0.4) is 0 Å². The number of hydrogen-bond acceptors (Lipinski definition) is 3. The molecule has 0 radical (unpaired) electrons. The summed E-state index contributed by atoms with van der Waals surface area (Å²) < 4.78 is 5.23. The third-order valence-electron chi connectivity index (χ3n) is 3.72. The molecule has 0 spiro atoms. The van der Waals surface area contributed by atoms with Crippen LogP contribution in [0.4, 0.5) is 5.69 Å². The number of rotatable bonds is 4. The van der Waals surface area contributed by atoms with Gasteiger partial charge in [-0.1, -0.05) is 0 Å². The lowest BCUT2D eigenvalue weighted by molar-refractivity contribution is -0.118. The number of ether oxygens (including phenoxy) is 1. The van der Waals surface area contributed by atoms with E-state index in [-0.39, 0.29) is 5.91 Å². The van der Waals surface area contributed by atoms with E-state index < -0.39 is 0 Å². The molecule has 1 aliphatic rings. The van der Waals surface area contributed by atoms with Crippen molar-refractivity contribution in [1.82, 2.24) is 5.32 Å². The Kier molecular flexibility index (Phi) is 4.43. The summed E-state index contributed by atoms with van der Waals surface area (Å²) in [4.78, 5) is 13.9. The molecular weight excluding hydrogens is 240 g/mol. The van der Waals surface area contributed by atoms with Gasteiger partial charge in [-0.3, -0.25) is 4.79 Å². The van der Waals surface area contributed by atoms with E-state index in [0.29, 0.717) is 12.5 Å². The maximum atomic E-state index is 12.2. The van der Waals surface area contributed by atoms with Gasteiger partial charge in [0.2, 0.25) is 5.91 Å². The molecule has 1 N–H and O–H groups in total. The number of amides is 1. The van der Waals surface area contributed by atoms with Gasteiger partial charge in [-0.15, -0.1) is 0 Å². The van der Waals surface area contributed by atoms with Gasteiger partial charge in [0.05, 0.1) is 7.11 Å². The Labute approximate surface area is 114 Å². The van der Waals surface area contributed by atoms with Gasteiger partial charge in [-0.25, -0.2) is 0 Å². The highest BCUT2D eigenvalue weighted by atomic mass is 16.5. The van der Waals surface area contributed by atoms with Crippen LogP contribution < -0.4 is 15.0 Å². The van der Waals surface area contributed by atoms with Crippen LogP contribution in [0.25, 0.3) is 0 Å². The molecule has 1 fully saturated rings. The fourth-order valence-electron chi connectivity index (χ4n) is 2.49.